The van der Waals surface area contributed by atoms with Crippen molar-refractivity contribution in [3.05, 3.63) is 65.0 Å². The number of hydrogen-bond donors (Lipinski definition) is 2. The Morgan fingerprint density at radius 3 is 2.69 bits per heavy atom. The van der Waals surface area contributed by atoms with Crippen molar-refractivity contribution in [1.29, 1.82) is 5.41 Å². The van der Waals surface area contributed by atoms with Gasteiger partial charge in [-0.3, -0.25) is 19.9 Å². The van der Waals surface area contributed by atoms with Gasteiger partial charge in [-0.1, -0.05) is 32.0 Å². The molecule has 2 amide bonds. The van der Waals surface area contributed by atoms with Gasteiger partial charge in [-0.25, -0.2) is 9.38 Å². The molecule has 2 heterocycles. The molecule has 0 aliphatic carbocycles. The second-order valence-electron chi connectivity index (χ2n) is 10.3. The van der Waals surface area contributed by atoms with Crippen molar-refractivity contribution in [3.63, 3.8) is 0 Å². The van der Waals surface area contributed by atoms with Crippen molar-refractivity contribution in [2.24, 2.45) is 4.99 Å². The monoisotopic (exact) mass is 492 g/mol. The highest BCUT2D eigenvalue weighted by atomic mass is 19.1. The molecule has 2 aromatic rings. The van der Waals surface area contributed by atoms with Crippen LogP contribution in [0.2, 0.25) is 0 Å². The third-order valence-electron chi connectivity index (χ3n) is 7.16. The molecule has 0 spiro atoms. The number of nitrogens with one attached hydrogen (secondary N) is 2. The standard InChI is InChI=1S/C28H33FN4O3/c1-5-28(6-2)15-24(34)33(26(30)32-28)17-18-8-7-9-19(12-18)25(35)31-16-20-14-27(3,4)36-23-13-21(29)10-11-22(20)23/h7-13,16,20H,5-6,14-15,17H2,1-4H3,(H2,30,32)/b31-16+. The lowest BCUT2D eigenvalue weighted by Gasteiger charge is -2.42. The normalized spacial score (nSPS) is 20.6. The topological polar surface area (TPSA) is 94.8 Å². The number of carbonyl (C=O) groups is 2. The summed E-state index contributed by atoms with van der Waals surface area (Å²) in [6.07, 6.45) is 4.07. The van der Waals surface area contributed by atoms with Gasteiger partial charge in [-0.05, 0) is 56.9 Å². The van der Waals surface area contributed by atoms with E-state index in [0.717, 1.165) is 24.0 Å². The molecule has 0 bridgehead atoms. The van der Waals surface area contributed by atoms with Gasteiger partial charge in [0.25, 0.3) is 5.91 Å². The van der Waals surface area contributed by atoms with Gasteiger partial charge in [0.15, 0.2) is 5.96 Å². The van der Waals surface area contributed by atoms with Crippen molar-refractivity contribution in [2.45, 2.75) is 77.0 Å². The van der Waals surface area contributed by atoms with Gasteiger partial charge in [0.2, 0.25) is 5.91 Å². The van der Waals surface area contributed by atoms with E-state index in [1.165, 1.54) is 17.0 Å². The number of amides is 2. The minimum absolute atomic E-state index is 0.0851. The molecule has 1 atom stereocenters. The average Bonchev–Trinajstić information content (AvgIpc) is 2.83. The van der Waals surface area contributed by atoms with E-state index >= 15 is 0 Å². The van der Waals surface area contributed by atoms with Crippen LogP contribution < -0.4 is 10.1 Å². The summed E-state index contributed by atoms with van der Waals surface area (Å²) in [5.74, 6) is -0.517. The SMILES string of the molecule is CCC1(CC)CC(=O)N(Cc2cccc(C(=O)/N=C/C3CC(C)(C)Oc4cc(F)ccc43)c2)C(=N)N1. The molecule has 2 aliphatic rings. The van der Waals surface area contributed by atoms with Crippen molar-refractivity contribution >= 4 is 24.0 Å². The Labute approximate surface area is 211 Å². The maximum atomic E-state index is 13.7. The summed E-state index contributed by atoms with van der Waals surface area (Å²) in [5, 5.41) is 11.6. The molecule has 1 saturated heterocycles. The molecule has 0 radical (unpaired) electrons. The van der Waals surface area contributed by atoms with E-state index in [9.17, 15) is 14.0 Å². The maximum absolute atomic E-state index is 13.7. The first-order chi connectivity index (χ1) is 17.0. The van der Waals surface area contributed by atoms with E-state index in [2.05, 4.69) is 10.3 Å². The molecule has 2 aliphatic heterocycles. The van der Waals surface area contributed by atoms with E-state index in [-0.39, 0.29) is 35.7 Å². The summed E-state index contributed by atoms with van der Waals surface area (Å²) in [6.45, 7) is 8.08. The van der Waals surface area contributed by atoms with Crippen LogP contribution in [0, 0.1) is 11.2 Å². The fourth-order valence-corrected chi connectivity index (χ4v) is 4.95. The Morgan fingerprint density at radius 2 is 2.00 bits per heavy atom. The lowest BCUT2D eigenvalue weighted by atomic mass is 9.85. The van der Waals surface area contributed by atoms with Gasteiger partial charge < -0.3 is 10.1 Å². The third kappa shape index (κ3) is 5.32. The molecular weight excluding hydrogens is 459 g/mol. The first kappa shape index (κ1) is 25.5. The van der Waals surface area contributed by atoms with Crippen molar-refractivity contribution in [2.75, 3.05) is 0 Å². The van der Waals surface area contributed by atoms with E-state index in [0.29, 0.717) is 24.2 Å². The number of aliphatic imine (C=N–C) groups is 1. The number of fused-ring (bicyclic) bond motifs is 1. The van der Waals surface area contributed by atoms with Gasteiger partial charge in [-0.2, -0.15) is 0 Å². The number of ether oxygens (including phenoxy) is 1. The van der Waals surface area contributed by atoms with E-state index in [1.54, 1.807) is 30.5 Å². The molecule has 8 heteroatoms. The molecule has 4 rings (SSSR count). The molecule has 36 heavy (non-hydrogen) atoms. The van der Waals surface area contributed by atoms with Gasteiger partial charge in [-0.15, -0.1) is 0 Å². The highest BCUT2D eigenvalue weighted by Gasteiger charge is 2.39. The molecule has 2 aromatic carbocycles. The molecule has 0 aromatic heterocycles. The quantitative estimate of drug-likeness (QED) is 0.542. The number of hydrogen-bond acceptors (Lipinski definition) is 4. The molecule has 7 nitrogen and oxygen atoms in total. The largest absolute Gasteiger partial charge is 0.487 e. The molecular formula is C28H33FN4O3. The zero-order valence-electron chi connectivity index (χ0n) is 21.2. The van der Waals surface area contributed by atoms with Gasteiger partial charge >= 0.3 is 0 Å². The summed E-state index contributed by atoms with van der Waals surface area (Å²) in [5.41, 5.74) is 1.04. The minimum Gasteiger partial charge on any atom is -0.487 e. The Bertz CT molecular complexity index is 1200. The van der Waals surface area contributed by atoms with E-state index in [4.69, 9.17) is 10.1 Å². The summed E-state index contributed by atoms with van der Waals surface area (Å²) in [6, 6.07) is 11.4. The fraction of sp³-hybridized carbons (Fsp3) is 0.429. The smallest absolute Gasteiger partial charge is 0.276 e. The number of benzene rings is 2. The van der Waals surface area contributed by atoms with Crippen LogP contribution in [-0.4, -0.2) is 40.0 Å². The molecule has 190 valence electrons. The van der Waals surface area contributed by atoms with Gasteiger partial charge in [0.1, 0.15) is 17.2 Å². The number of halogens is 1. The second kappa shape index (κ2) is 9.84. The van der Waals surface area contributed by atoms with Crippen molar-refractivity contribution in [1.82, 2.24) is 10.2 Å². The number of guanidine groups is 1. The van der Waals surface area contributed by atoms with Crippen LogP contribution in [0.3, 0.4) is 0 Å². The Kier molecular flexibility index (Phi) is 6.98. The third-order valence-corrected chi connectivity index (χ3v) is 7.16. The first-order valence-electron chi connectivity index (χ1n) is 12.4. The molecule has 1 unspecified atom stereocenters. The minimum atomic E-state index is -0.521. The lowest BCUT2D eigenvalue weighted by Crippen LogP contribution is -2.61. The number of nitrogens with zero attached hydrogens (tertiary/aromatic N) is 2. The van der Waals surface area contributed by atoms with Crippen LogP contribution >= 0.6 is 0 Å². The van der Waals surface area contributed by atoms with Crippen LogP contribution in [0.4, 0.5) is 4.39 Å². The highest BCUT2D eigenvalue weighted by Crippen LogP contribution is 2.40. The van der Waals surface area contributed by atoms with E-state index in [1.807, 2.05) is 33.8 Å². The average molecular weight is 493 g/mol. The Morgan fingerprint density at radius 1 is 1.25 bits per heavy atom. The summed E-state index contributed by atoms with van der Waals surface area (Å²) < 4.78 is 19.6. The van der Waals surface area contributed by atoms with Gasteiger partial charge in [0, 0.05) is 34.9 Å². The maximum Gasteiger partial charge on any atom is 0.276 e. The molecule has 0 saturated carbocycles. The summed E-state index contributed by atoms with van der Waals surface area (Å²) in [4.78, 5) is 31.4. The predicted molar refractivity (Wildman–Crippen MR) is 137 cm³/mol. The Balaban J connectivity index is 1.49. The van der Waals surface area contributed by atoms with Crippen LogP contribution in [0.15, 0.2) is 47.5 Å². The van der Waals surface area contributed by atoms with Crippen LogP contribution in [0.25, 0.3) is 0 Å². The van der Waals surface area contributed by atoms with Crippen LogP contribution in [0.1, 0.15) is 80.8 Å². The Hall–Kier alpha value is -3.55. The fourth-order valence-electron chi connectivity index (χ4n) is 4.95. The van der Waals surface area contributed by atoms with Crippen LogP contribution in [-0.2, 0) is 11.3 Å². The zero-order valence-corrected chi connectivity index (χ0v) is 21.2. The van der Waals surface area contributed by atoms with Gasteiger partial charge in [0.05, 0.1) is 13.0 Å². The van der Waals surface area contributed by atoms with E-state index < -0.39 is 11.5 Å². The zero-order chi connectivity index (χ0) is 26.1. The predicted octanol–water partition coefficient (Wildman–Crippen LogP) is 5.20. The second-order valence-corrected chi connectivity index (χ2v) is 10.3. The summed E-state index contributed by atoms with van der Waals surface area (Å²) in [7, 11) is 0. The number of carbonyl (C=O) groups excluding carboxylic acids is 2. The van der Waals surface area contributed by atoms with Crippen molar-refractivity contribution < 1.29 is 18.7 Å². The summed E-state index contributed by atoms with van der Waals surface area (Å²) >= 11 is 0. The lowest BCUT2D eigenvalue weighted by molar-refractivity contribution is -0.131. The van der Waals surface area contributed by atoms with Crippen molar-refractivity contribution in [3.8, 4) is 5.75 Å². The molecule has 2 N–H and O–H groups in total. The molecule has 1 fully saturated rings. The number of rotatable bonds is 6. The van der Waals surface area contributed by atoms with Crippen LogP contribution in [0.5, 0.6) is 5.75 Å². The first-order valence-corrected chi connectivity index (χ1v) is 12.4. The highest BCUT2D eigenvalue weighted by molar-refractivity contribution is 6.00.